The van der Waals surface area contributed by atoms with Gasteiger partial charge in [-0.1, -0.05) is 12.1 Å². The van der Waals surface area contributed by atoms with Crippen molar-refractivity contribution in [3.63, 3.8) is 0 Å². The summed E-state index contributed by atoms with van der Waals surface area (Å²) >= 11 is 0. The molecular weight excluding hydrogens is 209 g/mol. The zero-order valence-electron chi connectivity index (χ0n) is 8.40. The lowest BCUT2D eigenvalue weighted by molar-refractivity contribution is 0.628. The largest absolute Gasteiger partial charge is 0.324 e. The topological polar surface area (TPSA) is 71.8 Å². The van der Waals surface area contributed by atoms with Crippen molar-refractivity contribution < 1.29 is 4.39 Å². The van der Waals surface area contributed by atoms with Crippen LogP contribution in [0, 0.1) is 5.82 Å². The maximum absolute atomic E-state index is 13.0. The highest BCUT2D eigenvalue weighted by Crippen LogP contribution is 2.14. The van der Waals surface area contributed by atoms with Crippen LogP contribution in [-0.4, -0.2) is 9.97 Å². The van der Waals surface area contributed by atoms with Crippen molar-refractivity contribution in [3.05, 3.63) is 52.5 Å². The van der Waals surface area contributed by atoms with E-state index in [4.69, 9.17) is 5.73 Å². The summed E-state index contributed by atoms with van der Waals surface area (Å²) in [5.41, 5.74) is 5.85. The summed E-state index contributed by atoms with van der Waals surface area (Å²) < 4.78 is 13.0. The molecule has 0 bridgehead atoms. The Hall–Kier alpha value is -2.01. The number of halogens is 1. The normalized spacial score (nSPS) is 10.4. The summed E-state index contributed by atoms with van der Waals surface area (Å²) in [6.45, 7) is 0.165. The number of aromatic amines is 1. The first-order valence-corrected chi connectivity index (χ1v) is 4.75. The fourth-order valence-corrected chi connectivity index (χ4v) is 1.40. The molecular formula is C11H10FN3O. The smallest absolute Gasteiger partial charge is 0.258 e. The number of nitrogens with two attached hydrogens (primary N) is 1. The van der Waals surface area contributed by atoms with Gasteiger partial charge in [-0.05, 0) is 17.7 Å². The lowest BCUT2D eigenvalue weighted by Crippen LogP contribution is -2.15. The van der Waals surface area contributed by atoms with Gasteiger partial charge in [0.25, 0.3) is 5.56 Å². The first kappa shape index (κ1) is 10.5. The Bertz CT molecular complexity index is 565. The molecule has 2 rings (SSSR count). The minimum absolute atomic E-state index is 0.165. The highest BCUT2D eigenvalue weighted by molar-refractivity contribution is 5.61. The van der Waals surface area contributed by atoms with Crippen LogP contribution in [0.3, 0.4) is 0 Å². The molecule has 16 heavy (non-hydrogen) atoms. The maximum atomic E-state index is 13.0. The molecule has 0 saturated carbocycles. The first-order chi connectivity index (χ1) is 7.70. The second-order valence-corrected chi connectivity index (χ2v) is 3.29. The summed E-state index contributed by atoms with van der Waals surface area (Å²) in [7, 11) is 0. The van der Waals surface area contributed by atoms with E-state index < -0.39 is 0 Å². The number of rotatable bonds is 2. The molecule has 0 atom stereocenters. The predicted molar refractivity (Wildman–Crippen MR) is 58.1 cm³/mol. The van der Waals surface area contributed by atoms with Gasteiger partial charge in [0.1, 0.15) is 11.6 Å². The Balaban J connectivity index is 2.53. The lowest BCUT2D eigenvalue weighted by Gasteiger charge is -2.01. The van der Waals surface area contributed by atoms with Crippen molar-refractivity contribution in [2.75, 3.05) is 0 Å². The van der Waals surface area contributed by atoms with Gasteiger partial charge in [-0.3, -0.25) is 4.79 Å². The molecule has 0 spiro atoms. The van der Waals surface area contributed by atoms with Gasteiger partial charge in [-0.25, -0.2) is 9.37 Å². The van der Waals surface area contributed by atoms with E-state index in [0.717, 1.165) is 0 Å². The lowest BCUT2D eigenvalue weighted by atomic mass is 10.1. The minimum Gasteiger partial charge on any atom is -0.324 e. The monoisotopic (exact) mass is 219 g/mol. The Morgan fingerprint density at radius 2 is 2.25 bits per heavy atom. The van der Waals surface area contributed by atoms with Crippen LogP contribution < -0.4 is 11.3 Å². The molecule has 0 aliphatic heterocycles. The average Bonchev–Trinajstić information content (AvgIpc) is 2.28. The van der Waals surface area contributed by atoms with Crippen LogP contribution in [0.1, 0.15) is 5.82 Å². The Kier molecular flexibility index (Phi) is 2.78. The van der Waals surface area contributed by atoms with Crippen LogP contribution in [0.25, 0.3) is 11.1 Å². The van der Waals surface area contributed by atoms with Crippen molar-refractivity contribution in [1.29, 1.82) is 0 Å². The Morgan fingerprint density at radius 1 is 1.44 bits per heavy atom. The van der Waals surface area contributed by atoms with Crippen molar-refractivity contribution in [3.8, 4) is 11.1 Å². The van der Waals surface area contributed by atoms with E-state index in [1.165, 1.54) is 18.3 Å². The molecule has 0 unspecified atom stereocenters. The van der Waals surface area contributed by atoms with Crippen LogP contribution in [-0.2, 0) is 6.54 Å². The van der Waals surface area contributed by atoms with Crippen LogP contribution in [0.15, 0.2) is 35.3 Å². The summed E-state index contributed by atoms with van der Waals surface area (Å²) in [5, 5.41) is 0. The number of benzene rings is 1. The highest BCUT2D eigenvalue weighted by atomic mass is 19.1. The van der Waals surface area contributed by atoms with Gasteiger partial charge in [0.2, 0.25) is 0 Å². The van der Waals surface area contributed by atoms with E-state index in [1.807, 2.05) is 0 Å². The fraction of sp³-hybridized carbons (Fsp3) is 0.0909. The third-order valence-corrected chi connectivity index (χ3v) is 2.18. The second-order valence-electron chi connectivity index (χ2n) is 3.29. The molecule has 0 radical (unpaired) electrons. The van der Waals surface area contributed by atoms with Gasteiger partial charge in [-0.2, -0.15) is 0 Å². The van der Waals surface area contributed by atoms with Crippen LogP contribution >= 0.6 is 0 Å². The van der Waals surface area contributed by atoms with Gasteiger partial charge in [0.15, 0.2) is 0 Å². The molecule has 1 heterocycles. The van der Waals surface area contributed by atoms with E-state index in [9.17, 15) is 9.18 Å². The molecule has 1 aromatic carbocycles. The molecule has 0 aliphatic carbocycles. The molecule has 0 saturated heterocycles. The van der Waals surface area contributed by atoms with E-state index in [1.54, 1.807) is 12.1 Å². The van der Waals surface area contributed by atoms with Crippen molar-refractivity contribution in [1.82, 2.24) is 9.97 Å². The van der Waals surface area contributed by atoms with Gasteiger partial charge >= 0.3 is 0 Å². The standard InChI is InChI=1S/C11H10FN3O/c12-8-3-1-2-7(4-8)9-6-14-10(5-13)15-11(9)16/h1-4,6H,5,13H2,(H,14,15,16). The molecule has 1 aromatic heterocycles. The Morgan fingerprint density at radius 3 is 2.88 bits per heavy atom. The number of H-pyrrole nitrogens is 1. The maximum Gasteiger partial charge on any atom is 0.258 e. The molecule has 3 N–H and O–H groups in total. The van der Waals surface area contributed by atoms with Crippen molar-refractivity contribution >= 4 is 0 Å². The molecule has 0 aliphatic rings. The number of aromatic nitrogens is 2. The van der Waals surface area contributed by atoms with Crippen LogP contribution in [0.5, 0.6) is 0 Å². The average molecular weight is 219 g/mol. The number of nitrogens with zero attached hydrogens (tertiary/aromatic N) is 1. The molecule has 4 nitrogen and oxygen atoms in total. The second kappa shape index (κ2) is 4.24. The summed E-state index contributed by atoms with van der Waals surface area (Å²) in [6, 6.07) is 5.80. The summed E-state index contributed by atoms with van der Waals surface area (Å²) in [4.78, 5) is 18.1. The molecule has 0 fully saturated rings. The van der Waals surface area contributed by atoms with Crippen LogP contribution in [0.2, 0.25) is 0 Å². The van der Waals surface area contributed by atoms with Crippen molar-refractivity contribution in [2.24, 2.45) is 5.73 Å². The van der Waals surface area contributed by atoms with Gasteiger partial charge < -0.3 is 10.7 Å². The highest BCUT2D eigenvalue weighted by Gasteiger charge is 2.05. The quantitative estimate of drug-likeness (QED) is 0.792. The summed E-state index contributed by atoms with van der Waals surface area (Å²) in [5.74, 6) is 0.0185. The first-order valence-electron chi connectivity index (χ1n) is 4.75. The number of nitrogens with one attached hydrogen (secondary N) is 1. The van der Waals surface area contributed by atoms with Crippen LogP contribution in [0.4, 0.5) is 4.39 Å². The number of hydrogen-bond donors (Lipinski definition) is 2. The molecule has 0 amide bonds. The number of hydrogen-bond acceptors (Lipinski definition) is 3. The van der Waals surface area contributed by atoms with Gasteiger partial charge in [0, 0.05) is 6.20 Å². The Labute approximate surface area is 91.0 Å². The van der Waals surface area contributed by atoms with E-state index in [0.29, 0.717) is 17.0 Å². The van der Waals surface area contributed by atoms with Crippen molar-refractivity contribution in [2.45, 2.75) is 6.54 Å². The zero-order valence-corrected chi connectivity index (χ0v) is 8.40. The van der Waals surface area contributed by atoms with Gasteiger partial charge in [-0.15, -0.1) is 0 Å². The SMILES string of the molecule is NCc1ncc(-c2cccc(F)c2)c(=O)[nH]1. The fourth-order valence-electron chi connectivity index (χ4n) is 1.40. The molecule has 5 heteroatoms. The van der Waals surface area contributed by atoms with E-state index in [-0.39, 0.29) is 17.9 Å². The summed E-state index contributed by atoms with van der Waals surface area (Å²) in [6.07, 6.45) is 1.40. The minimum atomic E-state index is -0.389. The van der Waals surface area contributed by atoms with Gasteiger partial charge in [0.05, 0.1) is 12.1 Å². The van der Waals surface area contributed by atoms with E-state index >= 15 is 0 Å². The molecule has 82 valence electrons. The molecule has 2 aromatic rings. The zero-order chi connectivity index (χ0) is 11.5. The third kappa shape index (κ3) is 1.99. The predicted octanol–water partition coefficient (Wildman–Crippen LogP) is 1.03. The van der Waals surface area contributed by atoms with E-state index in [2.05, 4.69) is 9.97 Å². The third-order valence-electron chi connectivity index (χ3n) is 2.18.